The summed E-state index contributed by atoms with van der Waals surface area (Å²) in [5.74, 6) is -0.412. The van der Waals surface area contributed by atoms with Gasteiger partial charge in [-0.1, -0.05) is 11.8 Å². The highest BCUT2D eigenvalue weighted by Gasteiger charge is 2.26. The summed E-state index contributed by atoms with van der Waals surface area (Å²) < 4.78 is 18.1. The van der Waals surface area contributed by atoms with Crippen molar-refractivity contribution < 1.29 is 9.50 Å². The highest BCUT2D eigenvalue weighted by Crippen LogP contribution is 2.37. The molecule has 0 aliphatic carbocycles. The molecular weight excluding hydrogens is 465 g/mol. The molecule has 1 N–H and O–H groups in total. The number of likely N-dealkylation sites (tertiary alicyclic amines) is 1. The Hall–Kier alpha value is -3.26. The predicted molar refractivity (Wildman–Crippen MR) is 131 cm³/mol. The molecule has 0 amide bonds. The summed E-state index contributed by atoms with van der Waals surface area (Å²) in [5.41, 5.74) is 3.95. The molecule has 0 radical (unpaired) electrons. The smallest absolute Gasteiger partial charge is 0.155 e. The largest absolute Gasteiger partial charge is 0.395 e. The van der Waals surface area contributed by atoms with E-state index in [0.29, 0.717) is 22.0 Å². The van der Waals surface area contributed by atoms with Crippen molar-refractivity contribution in [3.8, 4) is 17.2 Å². The first kappa shape index (κ1) is 23.5. The lowest BCUT2D eigenvalue weighted by molar-refractivity contribution is 0.0954. The second-order valence-electron chi connectivity index (χ2n) is 8.84. The molecule has 10 heteroatoms. The summed E-state index contributed by atoms with van der Waals surface area (Å²) in [5, 5.41) is 28.4. The van der Waals surface area contributed by atoms with Crippen LogP contribution >= 0.6 is 11.8 Å². The maximum Gasteiger partial charge on any atom is 0.155 e. The van der Waals surface area contributed by atoms with E-state index in [2.05, 4.69) is 32.7 Å². The van der Waals surface area contributed by atoms with E-state index in [1.807, 2.05) is 25.4 Å². The van der Waals surface area contributed by atoms with E-state index in [-0.39, 0.29) is 17.7 Å². The van der Waals surface area contributed by atoms with Crippen LogP contribution in [0.1, 0.15) is 37.1 Å². The zero-order valence-corrected chi connectivity index (χ0v) is 20.4. The highest BCUT2D eigenvalue weighted by atomic mass is 32.2. The number of piperidine rings is 1. The molecule has 5 rings (SSSR count). The van der Waals surface area contributed by atoms with Gasteiger partial charge in [0.15, 0.2) is 5.82 Å². The molecule has 0 aromatic carbocycles. The Kier molecular flexibility index (Phi) is 6.56. The quantitative estimate of drug-likeness (QED) is 0.434. The molecule has 1 aliphatic rings. The number of aliphatic hydroxyl groups excluding tert-OH is 1. The van der Waals surface area contributed by atoms with Crippen LogP contribution in [0.5, 0.6) is 0 Å². The highest BCUT2D eigenvalue weighted by molar-refractivity contribution is 7.99. The fourth-order valence-electron chi connectivity index (χ4n) is 4.70. The third kappa shape index (κ3) is 4.43. The SMILES string of the molecule is Cc1c(-c2cc(Sc3ncccc3F)c3c(C#N)cnn3c2)cnn1C1CCN([C@@H](C)CO)CC1. The molecular formula is C25H26FN7OS. The normalized spacial score (nSPS) is 16.0. The number of hydrogen-bond acceptors (Lipinski definition) is 7. The monoisotopic (exact) mass is 491 g/mol. The molecule has 0 spiro atoms. The summed E-state index contributed by atoms with van der Waals surface area (Å²) in [6.45, 7) is 6.13. The topological polar surface area (TPSA) is 95.3 Å². The number of pyridine rings is 2. The van der Waals surface area contributed by atoms with Crippen molar-refractivity contribution in [1.29, 1.82) is 5.26 Å². The zero-order chi connectivity index (χ0) is 24.5. The van der Waals surface area contributed by atoms with E-state index >= 15 is 0 Å². The Morgan fingerprint density at radius 2 is 2.09 bits per heavy atom. The molecule has 1 aliphatic heterocycles. The lowest BCUT2D eigenvalue weighted by Gasteiger charge is -2.35. The molecule has 1 saturated heterocycles. The van der Waals surface area contributed by atoms with Crippen LogP contribution in [0.3, 0.4) is 0 Å². The van der Waals surface area contributed by atoms with E-state index in [1.54, 1.807) is 16.8 Å². The molecule has 1 atom stereocenters. The van der Waals surface area contributed by atoms with Crippen LogP contribution in [0.15, 0.2) is 52.9 Å². The number of fused-ring (bicyclic) bond motifs is 1. The molecule has 5 heterocycles. The Morgan fingerprint density at radius 3 is 2.80 bits per heavy atom. The molecule has 4 aromatic rings. The average molecular weight is 492 g/mol. The van der Waals surface area contributed by atoms with Gasteiger partial charge < -0.3 is 5.11 Å². The van der Waals surface area contributed by atoms with Crippen LogP contribution < -0.4 is 0 Å². The van der Waals surface area contributed by atoms with Crippen molar-refractivity contribution >= 4 is 17.3 Å². The van der Waals surface area contributed by atoms with Gasteiger partial charge in [0.25, 0.3) is 0 Å². The van der Waals surface area contributed by atoms with Gasteiger partial charge in [0.1, 0.15) is 11.1 Å². The van der Waals surface area contributed by atoms with Gasteiger partial charge in [-0.2, -0.15) is 15.5 Å². The standard InChI is InChI=1S/C25H26FN7OS/c1-16(15-34)31-8-5-20(6-9-31)33-17(2)21(13-30-33)18-10-23(35-25-22(26)4-3-7-28-25)24-19(11-27)12-29-32(24)14-18/h3-4,7,10,12-14,16,20,34H,5-6,8-9,15H2,1-2H3/t16-/m0/s1. The van der Waals surface area contributed by atoms with Gasteiger partial charge in [-0.3, -0.25) is 9.58 Å². The summed E-state index contributed by atoms with van der Waals surface area (Å²) in [6.07, 6.45) is 8.76. The van der Waals surface area contributed by atoms with Crippen molar-refractivity contribution in [3.05, 3.63) is 60.1 Å². The van der Waals surface area contributed by atoms with Gasteiger partial charge in [-0.15, -0.1) is 0 Å². The summed E-state index contributed by atoms with van der Waals surface area (Å²) >= 11 is 1.18. The lowest BCUT2D eigenvalue weighted by Crippen LogP contribution is -2.42. The summed E-state index contributed by atoms with van der Waals surface area (Å²) in [4.78, 5) is 7.19. The lowest BCUT2D eigenvalue weighted by atomic mass is 10.0. The van der Waals surface area contributed by atoms with Gasteiger partial charge in [0.05, 0.1) is 36.1 Å². The first-order valence-electron chi connectivity index (χ1n) is 11.6. The van der Waals surface area contributed by atoms with Gasteiger partial charge >= 0.3 is 0 Å². The fraction of sp³-hybridized carbons (Fsp3) is 0.360. The van der Waals surface area contributed by atoms with Gasteiger partial charge in [-0.25, -0.2) is 13.9 Å². The maximum absolute atomic E-state index is 14.4. The van der Waals surface area contributed by atoms with E-state index in [0.717, 1.165) is 42.8 Å². The summed E-state index contributed by atoms with van der Waals surface area (Å²) in [6, 6.07) is 7.52. The van der Waals surface area contributed by atoms with Crippen molar-refractivity contribution in [2.24, 2.45) is 0 Å². The molecule has 0 unspecified atom stereocenters. The fourth-order valence-corrected chi connectivity index (χ4v) is 5.68. The maximum atomic E-state index is 14.4. The first-order chi connectivity index (χ1) is 17.0. The number of aliphatic hydroxyl groups is 1. The number of nitriles is 1. The minimum Gasteiger partial charge on any atom is -0.395 e. The van der Waals surface area contributed by atoms with Crippen LogP contribution in [-0.4, -0.2) is 60.1 Å². The minimum atomic E-state index is -0.412. The van der Waals surface area contributed by atoms with E-state index in [1.165, 1.54) is 24.0 Å². The molecule has 180 valence electrons. The molecule has 35 heavy (non-hydrogen) atoms. The Labute approximate surface area is 207 Å². The molecule has 4 aromatic heterocycles. The van der Waals surface area contributed by atoms with Crippen LogP contribution in [0.2, 0.25) is 0 Å². The van der Waals surface area contributed by atoms with Crippen LogP contribution in [0, 0.1) is 24.1 Å². The van der Waals surface area contributed by atoms with Gasteiger partial charge in [0, 0.05) is 53.2 Å². The third-order valence-electron chi connectivity index (χ3n) is 6.72. The second kappa shape index (κ2) is 9.77. The number of halogens is 1. The Bertz CT molecular complexity index is 1400. The van der Waals surface area contributed by atoms with Gasteiger partial charge in [0.2, 0.25) is 0 Å². The number of hydrogen-bond donors (Lipinski definition) is 1. The van der Waals surface area contributed by atoms with Crippen molar-refractivity contribution in [1.82, 2.24) is 29.3 Å². The molecule has 0 bridgehead atoms. The van der Waals surface area contributed by atoms with Crippen molar-refractivity contribution in [3.63, 3.8) is 0 Å². The predicted octanol–water partition coefficient (Wildman–Crippen LogP) is 4.08. The van der Waals surface area contributed by atoms with E-state index in [9.17, 15) is 14.8 Å². The number of rotatable bonds is 6. The van der Waals surface area contributed by atoms with Crippen LogP contribution in [0.4, 0.5) is 4.39 Å². The molecule has 8 nitrogen and oxygen atoms in total. The zero-order valence-electron chi connectivity index (χ0n) is 19.6. The number of aromatic nitrogens is 5. The Morgan fingerprint density at radius 1 is 1.29 bits per heavy atom. The first-order valence-corrected chi connectivity index (χ1v) is 12.4. The second-order valence-corrected chi connectivity index (χ2v) is 9.87. The van der Waals surface area contributed by atoms with Gasteiger partial charge in [-0.05, 0) is 44.9 Å². The third-order valence-corrected chi connectivity index (χ3v) is 7.74. The molecule has 1 fully saturated rings. The minimum absolute atomic E-state index is 0.168. The number of nitrogens with zero attached hydrogens (tertiary/aromatic N) is 7. The molecule has 0 saturated carbocycles. The van der Waals surface area contributed by atoms with E-state index in [4.69, 9.17) is 5.10 Å². The average Bonchev–Trinajstić information content (AvgIpc) is 3.48. The van der Waals surface area contributed by atoms with Crippen LogP contribution in [0.25, 0.3) is 16.6 Å². The van der Waals surface area contributed by atoms with Crippen LogP contribution in [-0.2, 0) is 0 Å². The summed E-state index contributed by atoms with van der Waals surface area (Å²) in [7, 11) is 0. The van der Waals surface area contributed by atoms with Crippen molar-refractivity contribution in [2.45, 2.75) is 48.7 Å². The Balaban J connectivity index is 1.50. The van der Waals surface area contributed by atoms with Crippen molar-refractivity contribution in [2.75, 3.05) is 19.7 Å². The van der Waals surface area contributed by atoms with E-state index < -0.39 is 5.82 Å².